The van der Waals surface area contributed by atoms with E-state index in [0.717, 1.165) is 0 Å². The fourth-order valence-electron chi connectivity index (χ4n) is 5.13. The van der Waals surface area contributed by atoms with Gasteiger partial charge in [-0.05, 0) is 31.5 Å². The minimum Gasteiger partial charge on any atom is -0.378 e. The number of hydrogen-bond acceptors (Lipinski definition) is 8. The van der Waals surface area contributed by atoms with Crippen molar-refractivity contribution in [3.8, 4) is 11.3 Å². The van der Waals surface area contributed by atoms with E-state index in [1.54, 1.807) is 47.8 Å². The first kappa shape index (κ1) is 24.8. The molecule has 202 valence electrons. The van der Waals surface area contributed by atoms with E-state index in [4.69, 9.17) is 4.74 Å². The molecular weight excluding hydrogens is 506 g/mol. The minimum absolute atomic E-state index is 0.0503. The van der Waals surface area contributed by atoms with Gasteiger partial charge in [-0.1, -0.05) is 0 Å². The predicted molar refractivity (Wildman–Crippen MR) is 133 cm³/mol. The highest BCUT2D eigenvalue weighted by Gasteiger charge is 2.47. The zero-order valence-corrected chi connectivity index (χ0v) is 20.8. The van der Waals surface area contributed by atoms with E-state index >= 15 is 8.78 Å². The van der Waals surface area contributed by atoms with Crippen LogP contribution in [-0.4, -0.2) is 91.8 Å². The molecule has 2 N–H and O–H groups in total. The summed E-state index contributed by atoms with van der Waals surface area (Å²) in [5.41, 5.74) is 2.63. The first-order chi connectivity index (χ1) is 18.2. The van der Waals surface area contributed by atoms with Crippen LogP contribution in [0.1, 0.15) is 12.2 Å². The molecule has 0 saturated carbocycles. The van der Waals surface area contributed by atoms with Crippen LogP contribution < -0.4 is 10.6 Å². The number of halogens is 4. The number of piperidine rings is 1. The van der Waals surface area contributed by atoms with Crippen LogP contribution in [0, 0.1) is 6.92 Å². The van der Waals surface area contributed by atoms with E-state index in [-0.39, 0.29) is 25.0 Å². The average Bonchev–Trinajstić information content (AvgIpc) is 3.39. The number of fused-ring (bicyclic) bond motifs is 2. The Labute approximate surface area is 215 Å². The third-order valence-electron chi connectivity index (χ3n) is 7.20. The molecule has 2 fully saturated rings. The molecule has 2 aliphatic heterocycles. The summed E-state index contributed by atoms with van der Waals surface area (Å²) in [6, 6.07) is 4.20. The molecule has 0 bridgehead atoms. The first-order valence-electron chi connectivity index (χ1n) is 12.4. The molecule has 0 aliphatic carbocycles. The van der Waals surface area contributed by atoms with Gasteiger partial charge in [0.25, 0.3) is 12.3 Å². The predicted octanol–water partition coefficient (Wildman–Crippen LogP) is 3.28. The van der Waals surface area contributed by atoms with Crippen molar-refractivity contribution < 1.29 is 22.3 Å². The van der Waals surface area contributed by atoms with Gasteiger partial charge in [0.2, 0.25) is 5.95 Å². The van der Waals surface area contributed by atoms with Gasteiger partial charge in [-0.2, -0.15) is 4.98 Å². The Morgan fingerprint density at radius 3 is 2.66 bits per heavy atom. The smallest absolute Gasteiger partial charge is 0.280 e. The van der Waals surface area contributed by atoms with Crippen molar-refractivity contribution in [1.29, 1.82) is 0 Å². The quantitative estimate of drug-likeness (QED) is 0.350. The molecule has 2 aliphatic rings. The topological polar surface area (TPSA) is 97.4 Å². The Morgan fingerprint density at radius 1 is 1.16 bits per heavy atom. The number of alkyl halides is 4. The summed E-state index contributed by atoms with van der Waals surface area (Å²) in [6.45, 7) is 2.33. The lowest BCUT2D eigenvalue weighted by Gasteiger charge is -2.44. The van der Waals surface area contributed by atoms with Crippen molar-refractivity contribution in [2.75, 3.05) is 44.0 Å². The van der Waals surface area contributed by atoms with Crippen LogP contribution in [-0.2, 0) is 11.3 Å². The van der Waals surface area contributed by atoms with Gasteiger partial charge >= 0.3 is 0 Å². The molecule has 0 radical (unpaired) electrons. The van der Waals surface area contributed by atoms with Crippen molar-refractivity contribution in [3.05, 3.63) is 30.2 Å². The summed E-state index contributed by atoms with van der Waals surface area (Å²) in [7, 11) is 1.67. The van der Waals surface area contributed by atoms with Crippen LogP contribution in [0.3, 0.4) is 0 Å². The van der Waals surface area contributed by atoms with Gasteiger partial charge in [0.15, 0.2) is 11.5 Å². The van der Waals surface area contributed by atoms with E-state index < -0.39 is 24.9 Å². The maximum atomic E-state index is 15.0. The summed E-state index contributed by atoms with van der Waals surface area (Å²) >= 11 is 0. The Morgan fingerprint density at radius 2 is 1.97 bits per heavy atom. The fourth-order valence-corrected chi connectivity index (χ4v) is 5.13. The van der Waals surface area contributed by atoms with Crippen LogP contribution in [0.2, 0.25) is 0 Å². The number of anilines is 2. The molecule has 38 heavy (non-hydrogen) atoms. The van der Waals surface area contributed by atoms with E-state index in [1.807, 2.05) is 0 Å². The highest BCUT2D eigenvalue weighted by atomic mass is 19.3. The van der Waals surface area contributed by atoms with Crippen molar-refractivity contribution >= 4 is 28.4 Å². The maximum Gasteiger partial charge on any atom is 0.280 e. The van der Waals surface area contributed by atoms with E-state index in [0.29, 0.717) is 59.3 Å². The van der Waals surface area contributed by atoms with Crippen LogP contribution >= 0.6 is 0 Å². The Bertz CT molecular complexity index is 1480. The molecule has 0 spiro atoms. The molecule has 1 unspecified atom stereocenters. The average molecular weight is 534 g/mol. The van der Waals surface area contributed by atoms with E-state index in [9.17, 15) is 8.78 Å². The maximum absolute atomic E-state index is 15.0. The van der Waals surface area contributed by atoms with Gasteiger partial charge in [0.05, 0.1) is 44.1 Å². The standard InChI is InChI=1S/C24H27F4N9O/c1-13-30-17-4-3-16(31-22(17)36(13)9-19(25)26)15-5-8-37-20(15)21(29-2)33-23(34-37)32-18-6-7-35(12-24(18,27)28)14-10-38-11-14/h3-5,8,14,18-19H,6-7,9-12H2,1-2H3,(H2,29,32,33,34). The molecule has 0 amide bonds. The zero-order valence-electron chi connectivity index (χ0n) is 20.8. The third-order valence-corrected chi connectivity index (χ3v) is 7.20. The Kier molecular flexibility index (Phi) is 6.10. The molecule has 4 aromatic heterocycles. The summed E-state index contributed by atoms with van der Waals surface area (Å²) in [5.74, 6) is -2.03. The summed E-state index contributed by atoms with van der Waals surface area (Å²) in [6.07, 6.45) is -0.621. The normalized spacial score (nSPS) is 20.3. The van der Waals surface area contributed by atoms with Gasteiger partial charge in [-0.15, -0.1) is 5.10 Å². The molecule has 6 rings (SSSR count). The van der Waals surface area contributed by atoms with Crippen molar-refractivity contribution in [2.45, 2.75) is 44.3 Å². The lowest BCUT2D eigenvalue weighted by molar-refractivity contribution is -0.131. The number of ether oxygens (including phenoxy) is 1. The lowest BCUT2D eigenvalue weighted by atomic mass is 9.98. The third kappa shape index (κ3) is 4.30. The fraction of sp³-hybridized carbons (Fsp3) is 0.500. The number of likely N-dealkylation sites (tertiary alicyclic amines) is 1. The van der Waals surface area contributed by atoms with Crippen LogP contribution in [0.4, 0.5) is 29.3 Å². The second-order valence-corrected chi connectivity index (χ2v) is 9.66. The summed E-state index contributed by atoms with van der Waals surface area (Å²) in [5, 5.41) is 10.3. The first-order valence-corrected chi connectivity index (χ1v) is 12.4. The number of nitrogens with zero attached hydrogens (tertiary/aromatic N) is 7. The molecule has 14 heteroatoms. The lowest BCUT2D eigenvalue weighted by Crippen LogP contribution is -2.61. The molecule has 0 aromatic carbocycles. The number of pyridine rings is 1. The van der Waals surface area contributed by atoms with Crippen LogP contribution in [0.5, 0.6) is 0 Å². The SMILES string of the molecule is CNc1nc(NC2CCN(C3COC3)CC2(F)F)nn2ccc(-c3ccc4nc(C)n(CC(F)F)c4n3)c12. The molecule has 1 atom stereocenters. The highest BCUT2D eigenvalue weighted by Crippen LogP contribution is 2.34. The monoisotopic (exact) mass is 533 g/mol. The van der Waals surface area contributed by atoms with Gasteiger partial charge in [0, 0.05) is 25.4 Å². The Balaban J connectivity index is 1.31. The molecule has 10 nitrogen and oxygen atoms in total. The number of rotatable bonds is 7. The summed E-state index contributed by atoms with van der Waals surface area (Å²) < 4.78 is 64.4. The van der Waals surface area contributed by atoms with Gasteiger partial charge in [-0.3, -0.25) is 4.90 Å². The number of nitrogens with one attached hydrogen (secondary N) is 2. The largest absolute Gasteiger partial charge is 0.378 e. The van der Waals surface area contributed by atoms with E-state index in [1.165, 1.54) is 4.57 Å². The van der Waals surface area contributed by atoms with Crippen molar-refractivity contribution in [3.63, 3.8) is 0 Å². The molecular formula is C24H27F4N9O. The second-order valence-electron chi connectivity index (χ2n) is 9.66. The molecule has 4 aromatic rings. The van der Waals surface area contributed by atoms with Gasteiger partial charge < -0.3 is 19.9 Å². The van der Waals surface area contributed by atoms with Crippen LogP contribution in [0.15, 0.2) is 24.4 Å². The Hall–Kier alpha value is -3.52. The van der Waals surface area contributed by atoms with Crippen molar-refractivity contribution in [1.82, 2.24) is 34.0 Å². The minimum atomic E-state index is -2.97. The van der Waals surface area contributed by atoms with Crippen molar-refractivity contribution in [2.24, 2.45) is 0 Å². The number of imidazole rings is 1. The molecule has 6 heterocycles. The number of aryl methyl sites for hydroxylation is 1. The van der Waals surface area contributed by atoms with Gasteiger partial charge in [-0.25, -0.2) is 32.0 Å². The number of aromatic nitrogens is 6. The van der Waals surface area contributed by atoms with E-state index in [2.05, 4.69) is 30.7 Å². The molecule has 2 saturated heterocycles. The zero-order chi connectivity index (χ0) is 26.6. The van der Waals surface area contributed by atoms with Gasteiger partial charge in [0.1, 0.15) is 16.9 Å². The second kappa shape index (κ2) is 9.34. The summed E-state index contributed by atoms with van der Waals surface area (Å²) in [4.78, 5) is 15.2. The highest BCUT2D eigenvalue weighted by molar-refractivity contribution is 5.89. The number of hydrogen-bond donors (Lipinski definition) is 2. The van der Waals surface area contributed by atoms with Crippen LogP contribution in [0.25, 0.3) is 27.9 Å².